The zero-order valence-electron chi connectivity index (χ0n) is 12.0. The van der Waals surface area contributed by atoms with Gasteiger partial charge < -0.3 is 5.32 Å². The summed E-state index contributed by atoms with van der Waals surface area (Å²) >= 11 is 0. The summed E-state index contributed by atoms with van der Waals surface area (Å²) < 4.78 is 12.0. The molecule has 0 radical (unpaired) electrons. The zero-order chi connectivity index (χ0) is 14.2. The van der Waals surface area contributed by atoms with Crippen LogP contribution in [0.3, 0.4) is 0 Å². The second-order valence-corrected chi connectivity index (χ2v) is 7.54. The second kappa shape index (κ2) is 5.39. The van der Waals surface area contributed by atoms with E-state index < -0.39 is 10.8 Å². The molecule has 1 aliphatic heterocycles. The number of hydrogen-bond acceptors (Lipinski definition) is 2. The summed E-state index contributed by atoms with van der Waals surface area (Å²) in [6, 6.07) is 15.7. The van der Waals surface area contributed by atoms with Crippen molar-refractivity contribution < 1.29 is 4.21 Å². The Morgan fingerprint density at radius 3 is 2.86 bits per heavy atom. The largest absolute Gasteiger partial charge is 0.309 e. The summed E-state index contributed by atoms with van der Waals surface area (Å²) in [7, 11) is -0.689. The summed E-state index contributed by atoms with van der Waals surface area (Å²) in [4.78, 5) is 0. The molecular weight excluding hydrogens is 278 g/mol. The van der Waals surface area contributed by atoms with Crippen molar-refractivity contribution in [2.75, 3.05) is 18.1 Å². The second-order valence-electron chi connectivity index (χ2n) is 5.92. The lowest BCUT2D eigenvalue weighted by Gasteiger charge is -2.16. The Balaban J connectivity index is 1.68. The molecule has 21 heavy (non-hydrogen) atoms. The number of benzene rings is 2. The van der Waals surface area contributed by atoms with E-state index in [1.165, 1.54) is 27.8 Å². The molecular formula is C18H19NOS. The van der Waals surface area contributed by atoms with Gasteiger partial charge in [-0.2, -0.15) is 0 Å². The third-order valence-corrected chi connectivity index (χ3v) is 5.96. The van der Waals surface area contributed by atoms with E-state index in [-0.39, 0.29) is 6.04 Å². The fourth-order valence-electron chi connectivity index (χ4n) is 3.43. The number of nitrogens with one attached hydrogen (secondary N) is 1. The summed E-state index contributed by atoms with van der Waals surface area (Å²) in [5.74, 6) is 1.58. The number of hydrogen-bond donors (Lipinski definition) is 1. The lowest BCUT2D eigenvalue weighted by Crippen LogP contribution is -2.24. The Bertz CT molecular complexity index is 710. The van der Waals surface area contributed by atoms with Crippen molar-refractivity contribution in [1.82, 2.24) is 5.32 Å². The predicted octanol–water partition coefficient (Wildman–Crippen LogP) is 3.04. The minimum atomic E-state index is -0.689. The molecule has 0 bridgehead atoms. The van der Waals surface area contributed by atoms with Crippen LogP contribution >= 0.6 is 0 Å². The third kappa shape index (κ3) is 2.45. The quantitative estimate of drug-likeness (QED) is 0.748. The minimum absolute atomic E-state index is 0.238. The van der Waals surface area contributed by atoms with Crippen molar-refractivity contribution >= 4 is 10.8 Å². The van der Waals surface area contributed by atoms with Crippen LogP contribution in [0.4, 0.5) is 0 Å². The van der Waals surface area contributed by atoms with E-state index in [1.54, 1.807) is 0 Å². The standard InChI is InChI=1S/C18H19NOS/c20-21-9-3-8-19-18(12-21)14-6-7-17-15(11-14)10-13-4-1-2-5-16(13)17/h1-2,4-7,11,18-19H,3,8-10,12H2. The van der Waals surface area contributed by atoms with Gasteiger partial charge in [0.25, 0.3) is 0 Å². The van der Waals surface area contributed by atoms with E-state index >= 15 is 0 Å². The lowest BCUT2D eigenvalue weighted by molar-refractivity contribution is 0.587. The van der Waals surface area contributed by atoms with Gasteiger partial charge in [0.05, 0.1) is 0 Å². The molecule has 2 atom stereocenters. The molecule has 1 saturated heterocycles. The molecule has 4 rings (SSSR count). The van der Waals surface area contributed by atoms with Crippen molar-refractivity contribution in [3.8, 4) is 11.1 Å². The van der Waals surface area contributed by atoms with Gasteiger partial charge in [0.1, 0.15) is 0 Å². The highest BCUT2D eigenvalue weighted by atomic mass is 32.2. The predicted molar refractivity (Wildman–Crippen MR) is 87.9 cm³/mol. The molecule has 1 fully saturated rings. The first kappa shape index (κ1) is 13.2. The van der Waals surface area contributed by atoms with E-state index in [0.717, 1.165) is 30.9 Å². The first-order valence-electron chi connectivity index (χ1n) is 7.61. The SMILES string of the molecule is O=S1CCCNC(c2ccc3c(c2)Cc2ccccc2-3)C1. The first-order valence-corrected chi connectivity index (χ1v) is 9.09. The van der Waals surface area contributed by atoms with E-state index in [1.807, 2.05) is 0 Å². The van der Waals surface area contributed by atoms with Gasteiger partial charge in [-0.3, -0.25) is 4.21 Å². The fourth-order valence-corrected chi connectivity index (χ4v) is 4.75. The van der Waals surface area contributed by atoms with Crippen LogP contribution in [-0.2, 0) is 17.2 Å². The third-order valence-electron chi connectivity index (χ3n) is 4.51. The molecule has 1 aliphatic carbocycles. The van der Waals surface area contributed by atoms with Gasteiger partial charge in [0, 0.05) is 28.3 Å². The molecule has 2 nitrogen and oxygen atoms in total. The lowest BCUT2D eigenvalue weighted by atomic mass is 10.00. The Morgan fingerprint density at radius 1 is 1.05 bits per heavy atom. The maximum absolute atomic E-state index is 12.0. The first-order chi connectivity index (χ1) is 10.3. The zero-order valence-corrected chi connectivity index (χ0v) is 12.8. The van der Waals surface area contributed by atoms with Crippen LogP contribution in [0.5, 0.6) is 0 Å². The Labute approximate surface area is 128 Å². The van der Waals surface area contributed by atoms with Crippen LogP contribution in [0.2, 0.25) is 0 Å². The van der Waals surface area contributed by atoms with Crippen molar-refractivity contribution in [1.29, 1.82) is 0 Å². The van der Waals surface area contributed by atoms with Crippen LogP contribution in [-0.4, -0.2) is 22.3 Å². The monoisotopic (exact) mass is 297 g/mol. The highest BCUT2D eigenvalue weighted by molar-refractivity contribution is 7.85. The van der Waals surface area contributed by atoms with Gasteiger partial charge in [-0.05, 0) is 47.2 Å². The average molecular weight is 297 g/mol. The molecule has 0 aromatic heterocycles. The van der Waals surface area contributed by atoms with E-state index in [0.29, 0.717) is 0 Å². The van der Waals surface area contributed by atoms with Crippen LogP contribution in [0.15, 0.2) is 42.5 Å². The summed E-state index contributed by atoms with van der Waals surface area (Å²) in [6.07, 6.45) is 2.04. The number of rotatable bonds is 1. The molecule has 0 saturated carbocycles. The minimum Gasteiger partial charge on any atom is -0.309 e. The van der Waals surface area contributed by atoms with Gasteiger partial charge in [-0.1, -0.05) is 42.5 Å². The highest BCUT2D eigenvalue weighted by Gasteiger charge is 2.22. The molecule has 2 unspecified atom stereocenters. The molecule has 1 heterocycles. The van der Waals surface area contributed by atoms with Crippen molar-refractivity contribution in [3.63, 3.8) is 0 Å². The smallest absolute Gasteiger partial charge is 0.0436 e. The van der Waals surface area contributed by atoms with E-state index in [9.17, 15) is 4.21 Å². The van der Waals surface area contributed by atoms with Crippen LogP contribution in [0.25, 0.3) is 11.1 Å². The summed E-state index contributed by atoms with van der Waals surface area (Å²) in [6.45, 7) is 0.966. The maximum Gasteiger partial charge on any atom is 0.0436 e. The summed E-state index contributed by atoms with van der Waals surface area (Å²) in [5.41, 5.74) is 6.85. The highest BCUT2D eigenvalue weighted by Crippen LogP contribution is 2.37. The van der Waals surface area contributed by atoms with Gasteiger partial charge in [0.15, 0.2) is 0 Å². The Hall–Kier alpha value is -1.45. The van der Waals surface area contributed by atoms with Gasteiger partial charge in [0.2, 0.25) is 0 Å². The van der Waals surface area contributed by atoms with Crippen LogP contribution < -0.4 is 5.32 Å². The fraction of sp³-hybridized carbons (Fsp3) is 0.333. The maximum atomic E-state index is 12.0. The van der Waals surface area contributed by atoms with Gasteiger partial charge >= 0.3 is 0 Å². The van der Waals surface area contributed by atoms with Gasteiger partial charge in [-0.15, -0.1) is 0 Å². The molecule has 2 aromatic carbocycles. The van der Waals surface area contributed by atoms with Crippen molar-refractivity contribution in [2.45, 2.75) is 18.9 Å². The molecule has 0 spiro atoms. The molecule has 3 heteroatoms. The average Bonchev–Trinajstić information content (AvgIpc) is 2.73. The topological polar surface area (TPSA) is 29.1 Å². The molecule has 108 valence electrons. The van der Waals surface area contributed by atoms with Gasteiger partial charge in [-0.25, -0.2) is 0 Å². The van der Waals surface area contributed by atoms with Crippen molar-refractivity contribution in [3.05, 3.63) is 59.2 Å². The van der Waals surface area contributed by atoms with Crippen molar-refractivity contribution in [2.24, 2.45) is 0 Å². The van der Waals surface area contributed by atoms with Crippen LogP contribution in [0.1, 0.15) is 29.2 Å². The number of fused-ring (bicyclic) bond motifs is 3. The molecule has 2 aromatic rings. The molecule has 2 aliphatic rings. The molecule has 1 N–H and O–H groups in total. The Morgan fingerprint density at radius 2 is 1.90 bits per heavy atom. The van der Waals surface area contributed by atoms with E-state index in [2.05, 4.69) is 47.8 Å². The van der Waals surface area contributed by atoms with Crippen LogP contribution in [0, 0.1) is 0 Å². The molecule has 0 amide bonds. The van der Waals surface area contributed by atoms with E-state index in [4.69, 9.17) is 0 Å². The summed E-state index contributed by atoms with van der Waals surface area (Å²) in [5, 5.41) is 3.55. The Kier molecular flexibility index (Phi) is 3.40. The normalized spacial score (nSPS) is 24.2.